The Morgan fingerprint density at radius 1 is 1.08 bits per heavy atom. The lowest BCUT2D eigenvalue weighted by Crippen LogP contribution is -2.32. The highest BCUT2D eigenvalue weighted by atomic mass is 79.9. The molecule has 6 nitrogen and oxygen atoms in total. The molecule has 0 aliphatic rings. The van der Waals surface area contributed by atoms with Gasteiger partial charge in [-0.25, -0.2) is 5.43 Å². The lowest BCUT2D eigenvalue weighted by molar-refractivity contribution is -0.120. The Balaban J connectivity index is 2.12. The van der Waals surface area contributed by atoms with Gasteiger partial charge in [-0.1, -0.05) is 42.5 Å². The Labute approximate surface area is 153 Å². The van der Waals surface area contributed by atoms with Gasteiger partial charge in [0.15, 0.2) is 0 Å². The normalized spacial score (nSPS) is 10.6. The predicted molar refractivity (Wildman–Crippen MR) is 97.8 cm³/mol. The van der Waals surface area contributed by atoms with Gasteiger partial charge >= 0.3 is 0 Å². The number of hydrazone groups is 1. The van der Waals surface area contributed by atoms with Crippen molar-refractivity contribution >= 4 is 33.5 Å². The van der Waals surface area contributed by atoms with Crippen LogP contribution in [0.4, 0.5) is 0 Å². The second-order valence-corrected chi connectivity index (χ2v) is 5.81. The number of amides is 2. The number of nitrogens with zero attached hydrogens (tertiary/aromatic N) is 2. The van der Waals surface area contributed by atoms with Crippen molar-refractivity contribution in [2.45, 2.75) is 6.42 Å². The minimum atomic E-state index is -0.506. The van der Waals surface area contributed by atoms with Crippen LogP contribution in [0.15, 0.2) is 64.2 Å². The minimum Gasteiger partial charge on any atom is -0.346 e. The van der Waals surface area contributed by atoms with Crippen LogP contribution in [-0.4, -0.2) is 24.1 Å². The number of rotatable bonds is 6. The summed E-state index contributed by atoms with van der Waals surface area (Å²) in [5, 5.41) is 15.3. The SMILES string of the molecule is N#CCC(=O)N/N=C(/CNC(=O)c1ccccc1Br)c1ccccc1. The number of hydrogen-bond donors (Lipinski definition) is 2. The standard InChI is InChI=1S/C18H15BrN4O2/c19-15-9-5-4-8-14(15)18(25)21-12-16(13-6-2-1-3-7-13)22-23-17(24)10-11-20/h1-9H,10,12H2,(H,21,25)(H,23,24)/b22-16-. The smallest absolute Gasteiger partial charge is 0.254 e. The van der Waals surface area contributed by atoms with Crippen molar-refractivity contribution in [2.75, 3.05) is 6.54 Å². The van der Waals surface area contributed by atoms with Gasteiger partial charge in [0.1, 0.15) is 6.42 Å². The molecule has 0 saturated carbocycles. The highest BCUT2D eigenvalue weighted by Gasteiger charge is 2.11. The van der Waals surface area contributed by atoms with Crippen LogP contribution in [0.1, 0.15) is 22.3 Å². The Morgan fingerprint density at radius 2 is 1.76 bits per heavy atom. The fraction of sp³-hybridized carbons (Fsp3) is 0.111. The van der Waals surface area contributed by atoms with E-state index in [4.69, 9.17) is 5.26 Å². The van der Waals surface area contributed by atoms with Gasteiger partial charge in [0.05, 0.1) is 23.9 Å². The summed E-state index contributed by atoms with van der Waals surface area (Å²) in [4.78, 5) is 23.8. The van der Waals surface area contributed by atoms with Crippen molar-refractivity contribution < 1.29 is 9.59 Å². The Morgan fingerprint density at radius 3 is 2.44 bits per heavy atom. The largest absolute Gasteiger partial charge is 0.346 e. The summed E-state index contributed by atoms with van der Waals surface area (Å²) in [5.74, 6) is -0.771. The summed E-state index contributed by atoms with van der Waals surface area (Å²) in [6.07, 6.45) is -0.283. The van der Waals surface area contributed by atoms with E-state index < -0.39 is 5.91 Å². The first-order valence-electron chi connectivity index (χ1n) is 7.42. The fourth-order valence-corrected chi connectivity index (χ4v) is 2.45. The molecule has 2 aromatic carbocycles. The lowest BCUT2D eigenvalue weighted by Gasteiger charge is -2.10. The number of carbonyl (C=O) groups excluding carboxylic acids is 2. The first kappa shape index (κ1) is 18.4. The second kappa shape index (κ2) is 9.35. The van der Waals surface area contributed by atoms with Gasteiger partial charge in [0, 0.05) is 4.47 Å². The summed E-state index contributed by atoms with van der Waals surface area (Å²) in [6.45, 7) is 0.122. The quantitative estimate of drug-likeness (QED) is 0.578. The Bertz CT molecular complexity index is 828. The number of nitriles is 1. The first-order valence-corrected chi connectivity index (χ1v) is 8.21. The molecule has 0 fully saturated rings. The average Bonchev–Trinajstić information content (AvgIpc) is 2.63. The van der Waals surface area contributed by atoms with Crippen molar-refractivity contribution in [2.24, 2.45) is 5.10 Å². The van der Waals surface area contributed by atoms with Gasteiger partial charge in [-0.05, 0) is 33.6 Å². The average molecular weight is 399 g/mol. The van der Waals surface area contributed by atoms with Crippen LogP contribution in [0.2, 0.25) is 0 Å². The van der Waals surface area contributed by atoms with E-state index in [0.29, 0.717) is 15.7 Å². The molecule has 0 aliphatic heterocycles. The van der Waals surface area contributed by atoms with Crippen LogP contribution >= 0.6 is 15.9 Å². The molecule has 0 bridgehead atoms. The van der Waals surface area contributed by atoms with Crippen molar-refractivity contribution in [1.82, 2.24) is 10.7 Å². The van der Waals surface area contributed by atoms with Crippen LogP contribution in [0.25, 0.3) is 0 Å². The zero-order chi connectivity index (χ0) is 18.1. The summed E-state index contributed by atoms with van der Waals surface area (Å²) in [7, 11) is 0. The molecular weight excluding hydrogens is 384 g/mol. The van der Waals surface area contributed by atoms with E-state index >= 15 is 0 Å². The van der Waals surface area contributed by atoms with Gasteiger partial charge in [0.25, 0.3) is 11.8 Å². The molecule has 126 valence electrons. The topological polar surface area (TPSA) is 94.3 Å². The third kappa shape index (κ3) is 5.55. The van der Waals surface area contributed by atoms with Crippen LogP contribution in [0, 0.1) is 11.3 Å². The number of halogens is 1. The molecule has 0 unspecified atom stereocenters. The predicted octanol–water partition coefficient (Wildman–Crippen LogP) is 2.61. The molecule has 0 atom stereocenters. The summed E-state index contributed by atoms with van der Waals surface area (Å²) in [6, 6.07) is 18.0. The number of carbonyl (C=O) groups is 2. The molecule has 7 heteroatoms. The number of nitrogens with one attached hydrogen (secondary N) is 2. The van der Waals surface area contributed by atoms with Crippen LogP contribution in [0.3, 0.4) is 0 Å². The van der Waals surface area contributed by atoms with E-state index in [9.17, 15) is 9.59 Å². The maximum Gasteiger partial charge on any atom is 0.254 e. The first-order chi connectivity index (χ1) is 12.1. The Hall–Kier alpha value is -2.98. The van der Waals surface area contributed by atoms with Crippen molar-refractivity contribution in [3.8, 4) is 6.07 Å². The number of benzene rings is 2. The fourth-order valence-electron chi connectivity index (χ4n) is 1.98. The van der Waals surface area contributed by atoms with Crippen molar-refractivity contribution in [3.05, 3.63) is 70.2 Å². The van der Waals surface area contributed by atoms with E-state index in [1.165, 1.54) is 0 Å². The molecule has 0 spiro atoms. The molecule has 25 heavy (non-hydrogen) atoms. The van der Waals surface area contributed by atoms with Gasteiger partial charge in [-0.2, -0.15) is 10.4 Å². The highest BCUT2D eigenvalue weighted by molar-refractivity contribution is 9.10. The lowest BCUT2D eigenvalue weighted by atomic mass is 10.1. The van der Waals surface area contributed by atoms with E-state index in [1.54, 1.807) is 24.3 Å². The third-order valence-electron chi connectivity index (χ3n) is 3.20. The zero-order valence-corrected chi connectivity index (χ0v) is 14.8. The van der Waals surface area contributed by atoms with E-state index in [2.05, 4.69) is 31.8 Å². The molecule has 0 aromatic heterocycles. The molecular formula is C18H15BrN4O2. The Kier molecular flexibility index (Phi) is 6.87. The van der Waals surface area contributed by atoms with E-state index in [0.717, 1.165) is 5.56 Å². The maximum absolute atomic E-state index is 12.3. The molecule has 0 aliphatic carbocycles. The van der Waals surface area contributed by atoms with Gasteiger partial charge in [-0.15, -0.1) is 0 Å². The molecule has 0 heterocycles. The van der Waals surface area contributed by atoms with E-state index in [1.807, 2.05) is 36.4 Å². The summed E-state index contributed by atoms with van der Waals surface area (Å²) >= 11 is 3.34. The second-order valence-electron chi connectivity index (χ2n) is 4.96. The van der Waals surface area contributed by atoms with Crippen LogP contribution < -0.4 is 10.7 Å². The third-order valence-corrected chi connectivity index (χ3v) is 3.89. The van der Waals surface area contributed by atoms with Crippen LogP contribution in [0.5, 0.6) is 0 Å². The van der Waals surface area contributed by atoms with Gasteiger partial charge in [-0.3, -0.25) is 9.59 Å². The molecule has 2 amide bonds. The summed E-state index contributed by atoms with van der Waals surface area (Å²) in [5.41, 5.74) is 4.06. The molecule has 2 N–H and O–H groups in total. The number of hydrogen-bond acceptors (Lipinski definition) is 4. The molecule has 0 radical (unpaired) electrons. The van der Waals surface area contributed by atoms with Crippen molar-refractivity contribution in [1.29, 1.82) is 5.26 Å². The maximum atomic E-state index is 12.3. The van der Waals surface area contributed by atoms with E-state index in [-0.39, 0.29) is 18.9 Å². The van der Waals surface area contributed by atoms with Crippen molar-refractivity contribution in [3.63, 3.8) is 0 Å². The summed E-state index contributed by atoms with van der Waals surface area (Å²) < 4.78 is 0.688. The van der Waals surface area contributed by atoms with Gasteiger partial charge < -0.3 is 5.32 Å². The van der Waals surface area contributed by atoms with Crippen LogP contribution in [-0.2, 0) is 4.79 Å². The zero-order valence-electron chi connectivity index (χ0n) is 13.2. The molecule has 2 aromatic rings. The molecule has 0 saturated heterocycles. The minimum absolute atomic E-state index is 0.122. The van der Waals surface area contributed by atoms with Gasteiger partial charge in [0.2, 0.25) is 0 Å². The highest BCUT2D eigenvalue weighted by Crippen LogP contribution is 2.15. The molecule has 2 rings (SSSR count). The monoisotopic (exact) mass is 398 g/mol.